The van der Waals surface area contributed by atoms with E-state index in [1.807, 2.05) is 31.2 Å². The van der Waals surface area contributed by atoms with Crippen LogP contribution >= 0.6 is 35.4 Å². The third kappa shape index (κ3) is 5.09. The maximum atomic E-state index is 12.2. The van der Waals surface area contributed by atoms with E-state index in [1.165, 1.54) is 4.68 Å². The molecule has 0 aliphatic carbocycles. The second-order valence-corrected chi connectivity index (χ2v) is 6.81. The fourth-order valence-electron chi connectivity index (χ4n) is 2.28. The number of ether oxygens (including phenoxy) is 1. The van der Waals surface area contributed by atoms with E-state index in [9.17, 15) is 4.79 Å². The lowest BCUT2D eigenvalue weighted by Crippen LogP contribution is -2.20. The van der Waals surface area contributed by atoms with Crippen LogP contribution in [-0.4, -0.2) is 15.7 Å². The predicted octanol–water partition coefficient (Wildman–Crippen LogP) is 5.04. The second-order valence-electron chi connectivity index (χ2n) is 5.67. The number of aromatic nitrogens is 2. The molecule has 3 aromatic rings. The Bertz CT molecular complexity index is 1030. The van der Waals surface area contributed by atoms with Gasteiger partial charge in [0.05, 0.1) is 15.7 Å². The summed E-state index contributed by atoms with van der Waals surface area (Å²) in [6.07, 6.45) is 0. The minimum Gasteiger partial charge on any atom is -0.484 e. The van der Waals surface area contributed by atoms with Crippen molar-refractivity contribution in [1.29, 1.82) is 0 Å². The standard InChI is InChI=1S/C18H15Cl2N3O3S/c1-11-4-2-5-12(8-11)25-10-16-22-23(18(27)26-16)9-15(24)21-14-7-3-6-13(19)17(14)20/h2-8H,9-10H2,1H3,(H,21,24). The zero-order chi connectivity index (χ0) is 19.4. The molecule has 0 radical (unpaired) electrons. The minimum atomic E-state index is -0.366. The highest BCUT2D eigenvalue weighted by molar-refractivity contribution is 7.71. The largest absolute Gasteiger partial charge is 0.484 e. The molecule has 1 heterocycles. The van der Waals surface area contributed by atoms with E-state index >= 15 is 0 Å². The molecule has 6 nitrogen and oxygen atoms in total. The lowest BCUT2D eigenvalue weighted by molar-refractivity contribution is -0.117. The lowest BCUT2D eigenvalue weighted by atomic mass is 10.2. The Hall–Kier alpha value is -2.35. The summed E-state index contributed by atoms with van der Waals surface area (Å²) in [6.45, 7) is 1.94. The molecule has 1 amide bonds. The summed E-state index contributed by atoms with van der Waals surface area (Å²) >= 11 is 17.1. The highest BCUT2D eigenvalue weighted by Gasteiger charge is 2.13. The van der Waals surface area contributed by atoms with Crippen molar-refractivity contribution in [3.8, 4) is 5.75 Å². The Kier molecular flexibility index (Phi) is 6.15. The summed E-state index contributed by atoms with van der Waals surface area (Å²) in [5.41, 5.74) is 1.49. The van der Waals surface area contributed by atoms with Gasteiger partial charge in [0, 0.05) is 0 Å². The van der Waals surface area contributed by atoms with Gasteiger partial charge in [0.2, 0.25) is 5.91 Å². The van der Waals surface area contributed by atoms with Crippen LogP contribution in [-0.2, 0) is 17.9 Å². The number of aryl methyl sites for hydroxylation is 1. The lowest BCUT2D eigenvalue weighted by Gasteiger charge is -2.07. The molecule has 0 unspecified atom stereocenters. The number of halogens is 2. The molecule has 0 bridgehead atoms. The monoisotopic (exact) mass is 423 g/mol. The topological polar surface area (TPSA) is 69.3 Å². The van der Waals surface area contributed by atoms with Crippen LogP contribution in [0.25, 0.3) is 0 Å². The number of anilines is 1. The van der Waals surface area contributed by atoms with Gasteiger partial charge in [0.15, 0.2) is 6.61 Å². The number of nitrogens with zero attached hydrogens (tertiary/aromatic N) is 2. The first-order valence-corrected chi connectivity index (χ1v) is 9.09. The number of carbonyl (C=O) groups excluding carboxylic acids is 1. The van der Waals surface area contributed by atoms with E-state index in [-0.39, 0.29) is 34.8 Å². The molecule has 140 valence electrons. The first kappa shape index (κ1) is 19.4. The highest BCUT2D eigenvalue weighted by atomic mass is 35.5. The van der Waals surface area contributed by atoms with Crippen molar-refractivity contribution in [2.24, 2.45) is 0 Å². The van der Waals surface area contributed by atoms with Crippen LogP contribution in [0.4, 0.5) is 5.69 Å². The fraction of sp³-hybridized carbons (Fsp3) is 0.167. The molecular formula is C18H15Cl2N3O3S. The molecule has 27 heavy (non-hydrogen) atoms. The van der Waals surface area contributed by atoms with Gasteiger partial charge >= 0.3 is 0 Å². The van der Waals surface area contributed by atoms with Crippen molar-refractivity contribution in [3.05, 3.63) is 68.8 Å². The number of rotatable bonds is 6. The number of nitrogens with one attached hydrogen (secondary N) is 1. The first-order valence-electron chi connectivity index (χ1n) is 7.92. The molecule has 0 saturated carbocycles. The maximum absolute atomic E-state index is 12.2. The number of carbonyl (C=O) groups is 1. The van der Waals surface area contributed by atoms with Gasteiger partial charge in [-0.05, 0) is 49.0 Å². The Balaban J connectivity index is 1.63. The van der Waals surface area contributed by atoms with Crippen LogP contribution < -0.4 is 10.1 Å². The molecule has 1 N–H and O–H groups in total. The molecule has 0 saturated heterocycles. The fourth-order valence-corrected chi connectivity index (χ4v) is 2.83. The summed E-state index contributed by atoms with van der Waals surface area (Å²) in [5.74, 6) is 0.601. The summed E-state index contributed by atoms with van der Waals surface area (Å²) in [6, 6.07) is 12.6. The molecular weight excluding hydrogens is 409 g/mol. The second kappa shape index (κ2) is 8.56. The van der Waals surface area contributed by atoms with Crippen molar-refractivity contribution >= 4 is 47.0 Å². The number of benzene rings is 2. The van der Waals surface area contributed by atoms with Gasteiger partial charge in [-0.3, -0.25) is 4.79 Å². The molecule has 0 fully saturated rings. The van der Waals surface area contributed by atoms with Crippen molar-refractivity contribution in [2.75, 3.05) is 5.32 Å². The Morgan fingerprint density at radius 2 is 2.07 bits per heavy atom. The van der Waals surface area contributed by atoms with Gasteiger partial charge in [-0.1, -0.05) is 41.4 Å². The van der Waals surface area contributed by atoms with Crippen molar-refractivity contribution in [3.63, 3.8) is 0 Å². The van der Waals surface area contributed by atoms with Crippen LogP contribution in [0.3, 0.4) is 0 Å². The Morgan fingerprint density at radius 3 is 2.85 bits per heavy atom. The minimum absolute atomic E-state index is 0.0742. The summed E-state index contributed by atoms with van der Waals surface area (Å²) in [7, 11) is 0. The van der Waals surface area contributed by atoms with Crippen LogP contribution in [0, 0.1) is 11.8 Å². The molecule has 0 aliphatic heterocycles. The smallest absolute Gasteiger partial charge is 0.287 e. The zero-order valence-corrected chi connectivity index (χ0v) is 16.6. The van der Waals surface area contributed by atoms with Crippen LogP contribution in [0.15, 0.2) is 46.9 Å². The number of hydrogen-bond donors (Lipinski definition) is 1. The van der Waals surface area contributed by atoms with Crippen molar-refractivity contribution in [1.82, 2.24) is 9.78 Å². The average molecular weight is 424 g/mol. The molecule has 0 aliphatic rings. The summed E-state index contributed by atoms with van der Waals surface area (Å²) in [5, 5.41) is 7.45. The quantitative estimate of drug-likeness (QED) is 0.562. The third-order valence-corrected chi connectivity index (χ3v) is 4.63. The van der Waals surface area contributed by atoms with Crippen molar-refractivity contribution < 1.29 is 13.9 Å². The van der Waals surface area contributed by atoms with Gasteiger partial charge in [0.25, 0.3) is 10.7 Å². The first-order chi connectivity index (χ1) is 12.9. The summed E-state index contributed by atoms with van der Waals surface area (Å²) < 4.78 is 12.3. The highest BCUT2D eigenvalue weighted by Crippen LogP contribution is 2.29. The van der Waals surface area contributed by atoms with E-state index in [4.69, 9.17) is 44.6 Å². The van der Waals surface area contributed by atoms with Gasteiger partial charge in [-0.25, -0.2) is 4.68 Å². The van der Waals surface area contributed by atoms with E-state index in [0.29, 0.717) is 16.5 Å². The Morgan fingerprint density at radius 1 is 1.30 bits per heavy atom. The third-order valence-electron chi connectivity index (χ3n) is 3.52. The van der Waals surface area contributed by atoms with E-state index in [0.717, 1.165) is 5.56 Å². The average Bonchev–Trinajstić information content (AvgIpc) is 2.97. The molecule has 0 atom stereocenters. The van der Waals surface area contributed by atoms with E-state index in [1.54, 1.807) is 18.2 Å². The zero-order valence-electron chi connectivity index (χ0n) is 14.2. The predicted molar refractivity (Wildman–Crippen MR) is 106 cm³/mol. The van der Waals surface area contributed by atoms with Gasteiger partial charge < -0.3 is 14.5 Å². The van der Waals surface area contributed by atoms with E-state index in [2.05, 4.69) is 10.4 Å². The van der Waals surface area contributed by atoms with Crippen LogP contribution in [0.1, 0.15) is 11.5 Å². The van der Waals surface area contributed by atoms with Gasteiger partial charge in [-0.2, -0.15) is 0 Å². The van der Waals surface area contributed by atoms with E-state index < -0.39 is 0 Å². The molecule has 0 spiro atoms. The van der Waals surface area contributed by atoms with Crippen LogP contribution in [0.5, 0.6) is 5.75 Å². The molecule has 2 aromatic carbocycles. The SMILES string of the molecule is Cc1cccc(OCc2nn(CC(=O)Nc3cccc(Cl)c3Cl)c(=S)o2)c1. The molecule has 9 heteroatoms. The summed E-state index contributed by atoms with van der Waals surface area (Å²) in [4.78, 5) is 12.3. The van der Waals surface area contributed by atoms with Gasteiger partial charge in [0.1, 0.15) is 12.3 Å². The van der Waals surface area contributed by atoms with Crippen LogP contribution in [0.2, 0.25) is 10.0 Å². The maximum Gasteiger partial charge on any atom is 0.287 e. The Labute approximate surface area is 170 Å². The molecule has 3 rings (SSSR count). The molecule has 1 aromatic heterocycles. The van der Waals surface area contributed by atoms with Crippen molar-refractivity contribution in [2.45, 2.75) is 20.1 Å². The van der Waals surface area contributed by atoms with Gasteiger partial charge in [-0.15, -0.1) is 5.10 Å². The number of hydrogen-bond acceptors (Lipinski definition) is 5. The number of amides is 1. The normalized spacial score (nSPS) is 10.6.